The maximum Gasteiger partial charge on any atom is 0.165 e. The number of aromatic hydroxyl groups is 1. The van der Waals surface area contributed by atoms with E-state index < -0.39 is 30.8 Å². The summed E-state index contributed by atoms with van der Waals surface area (Å²) in [6, 6.07) is 7.94. The van der Waals surface area contributed by atoms with Crippen LogP contribution >= 0.6 is 0 Å². The van der Waals surface area contributed by atoms with Gasteiger partial charge in [0.1, 0.15) is 18.3 Å². The SMILES string of the molecule is COc1cc([C@H]2Oc3c(OC)cc([C@H](O)[C@H](O)CO)cc3[C@@H]2CO)ccc1O. The fourth-order valence-electron chi connectivity index (χ4n) is 3.43. The van der Waals surface area contributed by atoms with Gasteiger partial charge in [-0.2, -0.15) is 0 Å². The molecule has 0 radical (unpaired) electrons. The van der Waals surface area contributed by atoms with E-state index in [0.717, 1.165) is 0 Å². The van der Waals surface area contributed by atoms with Gasteiger partial charge in [0.15, 0.2) is 23.0 Å². The Morgan fingerprint density at radius 3 is 2.36 bits per heavy atom. The van der Waals surface area contributed by atoms with E-state index in [-0.39, 0.29) is 18.1 Å². The highest BCUT2D eigenvalue weighted by Gasteiger charge is 2.38. The molecule has 1 aliphatic heterocycles. The third kappa shape index (κ3) is 3.47. The molecule has 28 heavy (non-hydrogen) atoms. The van der Waals surface area contributed by atoms with Crippen LogP contribution in [0.3, 0.4) is 0 Å². The van der Waals surface area contributed by atoms with Gasteiger partial charge in [0.2, 0.25) is 0 Å². The van der Waals surface area contributed by atoms with Crippen LogP contribution in [0.4, 0.5) is 0 Å². The maximum atomic E-state index is 10.3. The number of phenols is 1. The van der Waals surface area contributed by atoms with Crippen LogP contribution in [0.15, 0.2) is 30.3 Å². The molecule has 0 aliphatic carbocycles. The summed E-state index contributed by atoms with van der Waals surface area (Å²) in [4.78, 5) is 0. The van der Waals surface area contributed by atoms with Crippen molar-refractivity contribution in [2.45, 2.75) is 24.2 Å². The molecule has 8 heteroatoms. The van der Waals surface area contributed by atoms with Crippen molar-refractivity contribution in [1.82, 2.24) is 0 Å². The van der Waals surface area contributed by atoms with Crippen molar-refractivity contribution in [3.8, 4) is 23.0 Å². The summed E-state index contributed by atoms with van der Waals surface area (Å²) in [6.45, 7) is -0.845. The van der Waals surface area contributed by atoms with E-state index >= 15 is 0 Å². The Morgan fingerprint density at radius 1 is 1.04 bits per heavy atom. The van der Waals surface area contributed by atoms with Crippen LogP contribution < -0.4 is 14.2 Å². The molecule has 0 spiro atoms. The largest absolute Gasteiger partial charge is 0.504 e. The lowest BCUT2D eigenvalue weighted by molar-refractivity contribution is -0.0153. The minimum Gasteiger partial charge on any atom is -0.504 e. The summed E-state index contributed by atoms with van der Waals surface area (Å²) >= 11 is 0. The fourth-order valence-corrected chi connectivity index (χ4v) is 3.43. The molecular formula is C20H24O8. The number of fused-ring (bicyclic) bond motifs is 1. The van der Waals surface area contributed by atoms with Gasteiger partial charge in [-0.05, 0) is 35.4 Å². The number of hydrogen-bond acceptors (Lipinski definition) is 8. The molecule has 2 aromatic rings. The predicted molar refractivity (Wildman–Crippen MR) is 98.9 cm³/mol. The first-order chi connectivity index (χ1) is 13.4. The van der Waals surface area contributed by atoms with E-state index in [1.807, 2.05) is 0 Å². The minimum absolute atomic E-state index is 0.0108. The molecule has 0 fully saturated rings. The molecule has 1 aliphatic rings. The van der Waals surface area contributed by atoms with Crippen LogP contribution in [0.5, 0.6) is 23.0 Å². The molecule has 0 unspecified atom stereocenters. The van der Waals surface area contributed by atoms with E-state index in [0.29, 0.717) is 28.2 Å². The predicted octanol–water partition coefficient (Wildman–Crippen LogP) is 1.01. The van der Waals surface area contributed by atoms with Crippen LogP contribution in [0.2, 0.25) is 0 Å². The van der Waals surface area contributed by atoms with E-state index in [4.69, 9.17) is 19.3 Å². The van der Waals surface area contributed by atoms with Crippen molar-refractivity contribution in [1.29, 1.82) is 0 Å². The number of rotatable bonds is 7. The molecule has 1 heterocycles. The number of aliphatic hydroxyl groups is 4. The van der Waals surface area contributed by atoms with Crippen molar-refractivity contribution in [2.75, 3.05) is 27.4 Å². The molecule has 0 saturated carbocycles. The van der Waals surface area contributed by atoms with Crippen LogP contribution in [-0.4, -0.2) is 59.1 Å². The summed E-state index contributed by atoms with van der Waals surface area (Å²) in [6.07, 6.45) is -3.25. The Bertz CT molecular complexity index is 837. The van der Waals surface area contributed by atoms with Crippen molar-refractivity contribution >= 4 is 0 Å². The second-order valence-corrected chi connectivity index (χ2v) is 6.60. The van der Waals surface area contributed by atoms with Gasteiger partial charge in [-0.3, -0.25) is 0 Å². The number of methoxy groups -OCH3 is 2. The summed E-state index contributed by atoms with van der Waals surface area (Å²) in [5.41, 5.74) is 1.63. The lowest BCUT2D eigenvalue weighted by Crippen LogP contribution is -2.22. The number of ether oxygens (including phenoxy) is 3. The maximum absolute atomic E-state index is 10.3. The molecule has 8 nitrogen and oxygen atoms in total. The minimum atomic E-state index is -1.35. The molecule has 2 aromatic carbocycles. The monoisotopic (exact) mass is 392 g/mol. The average molecular weight is 392 g/mol. The van der Waals surface area contributed by atoms with Gasteiger partial charge < -0.3 is 39.7 Å². The second-order valence-electron chi connectivity index (χ2n) is 6.60. The van der Waals surface area contributed by atoms with Gasteiger partial charge >= 0.3 is 0 Å². The quantitative estimate of drug-likeness (QED) is 0.472. The van der Waals surface area contributed by atoms with E-state index in [2.05, 4.69) is 0 Å². The number of hydrogen-bond donors (Lipinski definition) is 5. The van der Waals surface area contributed by atoms with E-state index in [1.54, 1.807) is 18.2 Å². The standard InChI is InChI=1S/C20H24O8/c1-26-16-6-10(3-4-14(16)23)19-13(8-21)12-5-11(18(25)15(24)9-22)7-17(27-2)20(12)28-19/h3-7,13,15,18-19,21-25H,8-9H2,1-2H3/t13-,15+,18-,19+/m0/s1. The molecule has 4 atom stereocenters. The number of phenolic OH excluding ortho intramolecular Hbond substituents is 1. The van der Waals surface area contributed by atoms with E-state index in [9.17, 15) is 20.4 Å². The summed E-state index contributed by atoms with van der Waals surface area (Å²) in [5.74, 6) is 0.555. The van der Waals surface area contributed by atoms with Gasteiger partial charge in [-0.15, -0.1) is 0 Å². The second kappa shape index (κ2) is 8.24. The highest BCUT2D eigenvalue weighted by molar-refractivity contribution is 5.56. The Labute approximate surface area is 162 Å². The third-order valence-electron chi connectivity index (χ3n) is 4.96. The van der Waals surface area contributed by atoms with Crippen molar-refractivity contribution in [3.05, 3.63) is 47.0 Å². The molecule has 0 amide bonds. The van der Waals surface area contributed by atoms with Gasteiger partial charge in [-0.25, -0.2) is 0 Å². The van der Waals surface area contributed by atoms with Crippen LogP contribution in [-0.2, 0) is 0 Å². The zero-order chi connectivity index (χ0) is 20.4. The van der Waals surface area contributed by atoms with Gasteiger partial charge in [0, 0.05) is 5.56 Å². The average Bonchev–Trinajstić information content (AvgIpc) is 3.10. The first-order valence-corrected chi connectivity index (χ1v) is 8.78. The summed E-state index contributed by atoms with van der Waals surface area (Å²) < 4.78 is 16.6. The smallest absolute Gasteiger partial charge is 0.165 e. The Kier molecular flexibility index (Phi) is 5.95. The van der Waals surface area contributed by atoms with Crippen LogP contribution in [0.1, 0.15) is 34.8 Å². The summed E-state index contributed by atoms with van der Waals surface area (Å²) in [7, 11) is 2.89. The van der Waals surface area contributed by atoms with E-state index in [1.165, 1.54) is 26.4 Å². The highest BCUT2D eigenvalue weighted by atomic mass is 16.5. The van der Waals surface area contributed by atoms with Crippen molar-refractivity contribution < 1.29 is 39.7 Å². The lowest BCUT2D eigenvalue weighted by Gasteiger charge is -2.19. The molecule has 0 saturated heterocycles. The van der Waals surface area contributed by atoms with Gasteiger partial charge in [-0.1, -0.05) is 6.07 Å². The number of benzene rings is 2. The van der Waals surface area contributed by atoms with Crippen molar-refractivity contribution in [3.63, 3.8) is 0 Å². The third-order valence-corrected chi connectivity index (χ3v) is 4.96. The fraction of sp³-hybridized carbons (Fsp3) is 0.400. The zero-order valence-corrected chi connectivity index (χ0v) is 15.6. The summed E-state index contributed by atoms with van der Waals surface area (Å²) in [5, 5.41) is 49.0. The van der Waals surface area contributed by atoms with Crippen LogP contribution in [0.25, 0.3) is 0 Å². The molecular weight excluding hydrogens is 368 g/mol. The van der Waals surface area contributed by atoms with Gasteiger partial charge in [0.25, 0.3) is 0 Å². The van der Waals surface area contributed by atoms with Crippen LogP contribution in [0, 0.1) is 0 Å². The molecule has 152 valence electrons. The molecule has 3 rings (SSSR count). The Balaban J connectivity index is 2.04. The topological polar surface area (TPSA) is 129 Å². The van der Waals surface area contributed by atoms with Crippen molar-refractivity contribution in [2.24, 2.45) is 0 Å². The Morgan fingerprint density at radius 2 is 1.75 bits per heavy atom. The number of aliphatic hydroxyl groups excluding tert-OH is 4. The highest BCUT2D eigenvalue weighted by Crippen LogP contribution is 2.52. The first-order valence-electron chi connectivity index (χ1n) is 8.78. The normalized spacial score (nSPS) is 20.2. The molecule has 0 aromatic heterocycles. The zero-order valence-electron chi connectivity index (χ0n) is 15.6. The molecule has 5 N–H and O–H groups in total. The molecule has 0 bridgehead atoms. The lowest BCUT2D eigenvalue weighted by atomic mass is 9.89. The van der Waals surface area contributed by atoms with Gasteiger partial charge in [0.05, 0.1) is 33.4 Å². The Hall–Kier alpha value is -2.52. The first kappa shape index (κ1) is 20.2.